The van der Waals surface area contributed by atoms with Crippen molar-refractivity contribution in [1.82, 2.24) is 10.2 Å². The van der Waals surface area contributed by atoms with E-state index in [2.05, 4.69) is 5.32 Å². The van der Waals surface area contributed by atoms with Crippen molar-refractivity contribution in [3.05, 3.63) is 29.8 Å². The third-order valence-electron chi connectivity index (χ3n) is 3.00. The number of anilines is 1. The number of nitrogens with zero attached hydrogens (tertiary/aromatic N) is 1. The zero-order chi connectivity index (χ0) is 13.0. The minimum Gasteiger partial charge on any atom is -0.399 e. The van der Waals surface area contributed by atoms with Gasteiger partial charge in [0.05, 0.1) is 12.6 Å². The summed E-state index contributed by atoms with van der Waals surface area (Å²) in [4.78, 5) is 13.6. The summed E-state index contributed by atoms with van der Waals surface area (Å²) >= 11 is 0. The highest BCUT2D eigenvalue weighted by molar-refractivity contribution is 5.74. The van der Waals surface area contributed by atoms with Crippen molar-refractivity contribution >= 4 is 11.7 Å². The van der Waals surface area contributed by atoms with Gasteiger partial charge in [-0.1, -0.05) is 12.1 Å². The van der Waals surface area contributed by atoms with Crippen LogP contribution in [0.2, 0.25) is 0 Å². The van der Waals surface area contributed by atoms with Crippen LogP contribution in [0.5, 0.6) is 0 Å². The van der Waals surface area contributed by atoms with E-state index < -0.39 is 0 Å². The normalized spacial score (nSPS) is 18.6. The smallest absolute Gasteiger partial charge is 0.317 e. The molecule has 18 heavy (non-hydrogen) atoms. The molecular formula is C13H19N3O2. The van der Waals surface area contributed by atoms with Crippen molar-refractivity contribution in [1.29, 1.82) is 0 Å². The molecule has 2 amide bonds. The fraction of sp³-hybridized carbons (Fsp3) is 0.462. The van der Waals surface area contributed by atoms with E-state index in [4.69, 9.17) is 10.5 Å². The number of nitrogen functional groups attached to an aromatic ring is 1. The molecule has 0 spiro atoms. The highest BCUT2D eigenvalue weighted by Gasteiger charge is 2.19. The van der Waals surface area contributed by atoms with Crippen LogP contribution in [0.3, 0.4) is 0 Å². The Bertz CT molecular complexity index is 399. The number of carbonyl (C=O) groups excluding carboxylic acids is 1. The second kappa shape index (κ2) is 5.73. The Labute approximate surface area is 107 Å². The molecule has 1 aliphatic heterocycles. The summed E-state index contributed by atoms with van der Waals surface area (Å²) in [7, 11) is 1.78. The lowest BCUT2D eigenvalue weighted by atomic mass is 10.2. The zero-order valence-electron chi connectivity index (χ0n) is 10.6. The predicted octanol–water partition coefficient (Wildman–Crippen LogP) is 1.20. The van der Waals surface area contributed by atoms with Crippen molar-refractivity contribution in [2.24, 2.45) is 0 Å². The van der Waals surface area contributed by atoms with E-state index in [1.54, 1.807) is 11.9 Å². The molecule has 0 aromatic heterocycles. The van der Waals surface area contributed by atoms with Crippen molar-refractivity contribution in [2.75, 3.05) is 26.0 Å². The monoisotopic (exact) mass is 249 g/mol. The first kappa shape index (κ1) is 12.7. The maximum absolute atomic E-state index is 11.9. The third-order valence-corrected chi connectivity index (χ3v) is 3.00. The summed E-state index contributed by atoms with van der Waals surface area (Å²) in [5.74, 6) is 0. The van der Waals surface area contributed by atoms with Crippen LogP contribution in [0.4, 0.5) is 10.5 Å². The SMILES string of the molecule is CN(Cc1ccc(N)cc1)C(=O)NC1CCOC1. The first-order chi connectivity index (χ1) is 8.65. The first-order valence-electron chi connectivity index (χ1n) is 6.09. The number of urea groups is 1. The number of nitrogens with two attached hydrogens (primary N) is 1. The number of rotatable bonds is 3. The molecule has 1 atom stereocenters. The first-order valence-corrected chi connectivity index (χ1v) is 6.09. The minimum atomic E-state index is -0.0673. The van der Waals surface area contributed by atoms with Gasteiger partial charge in [-0.15, -0.1) is 0 Å². The van der Waals surface area contributed by atoms with E-state index in [0.29, 0.717) is 13.2 Å². The molecule has 1 heterocycles. The van der Waals surface area contributed by atoms with Crippen molar-refractivity contribution in [3.63, 3.8) is 0 Å². The molecule has 1 unspecified atom stereocenters. The number of amides is 2. The molecular weight excluding hydrogens is 230 g/mol. The van der Waals surface area contributed by atoms with E-state index in [9.17, 15) is 4.79 Å². The van der Waals surface area contributed by atoms with E-state index in [0.717, 1.165) is 24.3 Å². The van der Waals surface area contributed by atoms with E-state index >= 15 is 0 Å². The maximum atomic E-state index is 11.9. The van der Waals surface area contributed by atoms with E-state index in [1.165, 1.54) is 0 Å². The Balaban J connectivity index is 1.84. The predicted molar refractivity (Wildman–Crippen MR) is 70.1 cm³/mol. The highest BCUT2D eigenvalue weighted by atomic mass is 16.5. The van der Waals surface area contributed by atoms with Gasteiger partial charge in [0.2, 0.25) is 0 Å². The molecule has 0 aliphatic carbocycles. The number of nitrogens with one attached hydrogen (secondary N) is 1. The zero-order valence-corrected chi connectivity index (χ0v) is 10.6. The molecule has 5 heteroatoms. The molecule has 1 fully saturated rings. The quantitative estimate of drug-likeness (QED) is 0.791. The molecule has 0 saturated carbocycles. The van der Waals surface area contributed by atoms with Crippen LogP contribution in [0, 0.1) is 0 Å². The molecule has 0 radical (unpaired) electrons. The second-order valence-electron chi connectivity index (χ2n) is 4.61. The number of hydrogen-bond acceptors (Lipinski definition) is 3. The molecule has 2 rings (SSSR count). The number of benzene rings is 1. The molecule has 0 bridgehead atoms. The molecule has 1 aromatic carbocycles. The van der Waals surface area contributed by atoms with Crippen LogP contribution < -0.4 is 11.1 Å². The molecule has 98 valence electrons. The Kier molecular flexibility index (Phi) is 4.04. The van der Waals surface area contributed by atoms with Crippen LogP contribution in [-0.2, 0) is 11.3 Å². The van der Waals surface area contributed by atoms with Crippen LogP contribution in [-0.4, -0.2) is 37.2 Å². The van der Waals surface area contributed by atoms with Gasteiger partial charge in [0.1, 0.15) is 0 Å². The van der Waals surface area contributed by atoms with Gasteiger partial charge in [0.15, 0.2) is 0 Å². The van der Waals surface area contributed by atoms with Crippen LogP contribution >= 0.6 is 0 Å². The lowest BCUT2D eigenvalue weighted by Gasteiger charge is -2.20. The van der Waals surface area contributed by atoms with Crippen LogP contribution in [0.1, 0.15) is 12.0 Å². The van der Waals surface area contributed by atoms with E-state index in [-0.39, 0.29) is 12.1 Å². The molecule has 5 nitrogen and oxygen atoms in total. The summed E-state index contributed by atoms with van der Waals surface area (Å²) in [6.07, 6.45) is 0.890. The topological polar surface area (TPSA) is 67.6 Å². The Morgan fingerprint density at radius 1 is 1.50 bits per heavy atom. The van der Waals surface area contributed by atoms with Gasteiger partial charge >= 0.3 is 6.03 Å². The lowest BCUT2D eigenvalue weighted by molar-refractivity contribution is 0.181. The fourth-order valence-corrected chi connectivity index (χ4v) is 1.90. The lowest BCUT2D eigenvalue weighted by Crippen LogP contribution is -2.43. The molecule has 1 aliphatic rings. The van der Waals surface area contributed by atoms with Crippen molar-refractivity contribution < 1.29 is 9.53 Å². The van der Waals surface area contributed by atoms with E-state index in [1.807, 2.05) is 24.3 Å². The van der Waals surface area contributed by atoms with Gasteiger partial charge in [-0.2, -0.15) is 0 Å². The van der Waals surface area contributed by atoms with Crippen LogP contribution in [0.15, 0.2) is 24.3 Å². The highest BCUT2D eigenvalue weighted by Crippen LogP contribution is 2.09. The standard InChI is InChI=1S/C13H19N3O2/c1-16(8-10-2-4-11(14)5-3-10)13(17)15-12-6-7-18-9-12/h2-5,12H,6-9,14H2,1H3,(H,15,17). The summed E-state index contributed by atoms with van der Waals surface area (Å²) in [5, 5.41) is 2.95. The summed E-state index contributed by atoms with van der Waals surface area (Å²) in [5.41, 5.74) is 7.41. The maximum Gasteiger partial charge on any atom is 0.317 e. The summed E-state index contributed by atoms with van der Waals surface area (Å²) in [6.45, 7) is 1.91. The van der Waals surface area contributed by atoms with Gasteiger partial charge < -0.3 is 20.7 Å². The fourth-order valence-electron chi connectivity index (χ4n) is 1.90. The molecule has 1 saturated heterocycles. The third kappa shape index (κ3) is 3.37. The molecule has 1 aromatic rings. The Morgan fingerprint density at radius 2 is 2.22 bits per heavy atom. The Hall–Kier alpha value is -1.75. The summed E-state index contributed by atoms with van der Waals surface area (Å²) in [6, 6.07) is 7.61. The second-order valence-corrected chi connectivity index (χ2v) is 4.61. The van der Waals surface area contributed by atoms with Gasteiger partial charge in [-0.25, -0.2) is 4.79 Å². The van der Waals surface area contributed by atoms with Crippen molar-refractivity contribution in [2.45, 2.75) is 19.0 Å². The number of ether oxygens (including phenoxy) is 1. The average Bonchev–Trinajstić information content (AvgIpc) is 2.85. The van der Waals surface area contributed by atoms with Gasteiger partial charge in [-0.3, -0.25) is 0 Å². The van der Waals surface area contributed by atoms with Gasteiger partial charge in [-0.05, 0) is 24.1 Å². The van der Waals surface area contributed by atoms with Gasteiger partial charge in [0, 0.05) is 25.9 Å². The largest absolute Gasteiger partial charge is 0.399 e. The van der Waals surface area contributed by atoms with Gasteiger partial charge in [0.25, 0.3) is 0 Å². The minimum absolute atomic E-state index is 0.0673. The van der Waals surface area contributed by atoms with Crippen LogP contribution in [0.25, 0.3) is 0 Å². The van der Waals surface area contributed by atoms with Crippen molar-refractivity contribution in [3.8, 4) is 0 Å². The summed E-state index contributed by atoms with van der Waals surface area (Å²) < 4.78 is 5.22. The average molecular weight is 249 g/mol. The molecule has 3 N–H and O–H groups in total. The Morgan fingerprint density at radius 3 is 2.83 bits per heavy atom. The number of hydrogen-bond donors (Lipinski definition) is 2. The number of carbonyl (C=O) groups is 1.